The van der Waals surface area contributed by atoms with E-state index >= 15 is 0 Å². The van der Waals surface area contributed by atoms with E-state index in [0.717, 1.165) is 9.87 Å². The Labute approximate surface area is 226 Å². The first kappa shape index (κ1) is 26.5. The van der Waals surface area contributed by atoms with Gasteiger partial charge in [-0.1, -0.05) is 65.2 Å². The molecule has 4 aromatic rings. The fourth-order valence-corrected chi connectivity index (χ4v) is 5.45. The molecule has 0 aliphatic rings. The highest BCUT2D eigenvalue weighted by Gasteiger charge is 2.29. The lowest BCUT2D eigenvalue weighted by Crippen LogP contribution is -2.38. The molecule has 0 fully saturated rings. The largest absolute Gasteiger partial charge is 0.455 e. The van der Waals surface area contributed by atoms with Crippen LogP contribution in [0.5, 0.6) is 11.5 Å². The molecule has 0 atom stereocenters. The molecule has 1 N–H and O–H groups in total. The first-order chi connectivity index (χ1) is 17.6. The number of carbonyl (C=O) groups excluding carboxylic acids is 1. The van der Waals surface area contributed by atoms with Gasteiger partial charge >= 0.3 is 0 Å². The molecule has 0 radical (unpaired) electrons. The number of hydrogen-bond donors (Lipinski definition) is 1. The van der Waals surface area contributed by atoms with Crippen molar-refractivity contribution in [3.05, 3.63) is 112 Å². The topological polar surface area (TPSA) is 75.7 Å². The van der Waals surface area contributed by atoms with E-state index in [-0.39, 0.29) is 4.90 Å². The maximum Gasteiger partial charge on any atom is 0.264 e. The second-order valence-corrected chi connectivity index (χ2v) is 11.0. The number of aryl methyl sites for hydroxylation is 1. The highest BCUT2D eigenvalue weighted by atomic mass is 35.5. The molecule has 0 unspecified atom stereocenters. The van der Waals surface area contributed by atoms with Crippen LogP contribution in [-0.4, -0.2) is 20.9 Å². The number of rotatable bonds is 8. The third-order valence-electron chi connectivity index (χ3n) is 5.59. The lowest BCUT2D eigenvalue weighted by Gasteiger charge is -2.26. The Morgan fingerprint density at radius 2 is 1.59 bits per heavy atom. The van der Waals surface area contributed by atoms with Crippen LogP contribution in [0.25, 0.3) is 0 Å². The summed E-state index contributed by atoms with van der Waals surface area (Å²) < 4.78 is 34.4. The average Bonchev–Trinajstić information content (AvgIpc) is 2.87. The minimum absolute atomic E-state index is 0.0566. The predicted octanol–water partition coefficient (Wildman–Crippen LogP) is 7.24. The van der Waals surface area contributed by atoms with Crippen LogP contribution in [0.2, 0.25) is 10.0 Å². The third-order valence-corrected chi connectivity index (χ3v) is 8.01. The van der Waals surface area contributed by atoms with Crippen molar-refractivity contribution in [1.29, 1.82) is 0 Å². The lowest BCUT2D eigenvalue weighted by atomic mass is 10.2. The summed E-state index contributed by atoms with van der Waals surface area (Å²) in [5.41, 5.74) is 2.05. The van der Waals surface area contributed by atoms with Crippen LogP contribution in [0.3, 0.4) is 0 Å². The zero-order valence-corrected chi connectivity index (χ0v) is 22.4. The number of carbonyl (C=O) groups is 1. The van der Waals surface area contributed by atoms with E-state index in [1.54, 1.807) is 67.6 Å². The van der Waals surface area contributed by atoms with Crippen LogP contribution >= 0.6 is 23.2 Å². The molecule has 190 valence electrons. The number of nitrogens with one attached hydrogen (secondary N) is 1. The Kier molecular flexibility index (Phi) is 8.07. The quantitative estimate of drug-likeness (QED) is 0.249. The number of halogens is 2. The van der Waals surface area contributed by atoms with Gasteiger partial charge in [0.25, 0.3) is 10.0 Å². The third kappa shape index (κ3) is 6.25. The van der Waals surface area contributed by atoms with Gasteiger partial charge in [0.15, 0.2) is 5.75 Å². The fourth-order valence-electron chi connectivity index (χ4n) is 3.63. The first-order valence-electron chi connectivity index (χ1n) is 11.3. The van der Waals surface area contributed by atoms with Crippen molar-refractivity contribution in [2.75, 3.05) is 16.2 Å². The molecule has 0 saturated carbocycles. The fraction of sp³-hybridized carbons (Fsp3) is 0.107. The summed E-state index contributed by atoms with van der Waals surface area (Å²) >= 11 is 12.5. The highest BCUT2D eigenvalue weighted by Crippen LogP contribution is 2.34. The second kappa shape index (κ2) is 11.3. The van der Waals surface area contributed by atoms with E-state index in [2.05, 4.69) is 5.32 Å². The van der Waals surface area contributed by atoms with Gasteiger partial charge in [0.1, 0.15) is 12.3 Å². The lowest BCUT2D eigenvalue weighted by molar-refractivity contribution is -0.114. The number of para-hydroxylation sites is 1. The number of anilines is 2. The van der Waals surface area contributed by atoms with Crippen molar-refractivity contribution < 1.29 is 17.9 Å². The summed E-state index contributed by atoms with van der Waals surface area (Å²) in [6, 6.07) is 25.2. The van der Waals surface area contributed by atoms with Crippen LogP contribution < -0.4 is 14.4 Å². The van der Waals surface area contributed by atoms with Gasteiger partial charge in [-0.2, -0.15) is 0 Å². The maximum absolute atomic E-state index is 13.7. The van der Waals surface area contributed by atoms with E-state index in [4.69, 9.17) is 27.9 Å². The maximum atomic E-state index is 13.7. The van der Waals surface area contributed by atoms with Crippen molar-refractivity contribution in [2.45, 2.75) is 18.7 Å². The predicted molar refractivity (Wildman–Crippen MR) is 148 cm³/mol. The Balaban J connectivity index is 1.68. The molecule has 0 saturated heterocycles. The molecule has 0 spiro atoms. The normalized spacial score (nSPS) is 11.1. The van der Waals surface area contributed by atoms with Crippen molar-refractivity contribution in [1.82, 2.24) is 0 Å². The minimum atomic E-state index is -4.11. The summed E-state index contributed by atoms with van der Waals surface area (Å²) in [5.74, 6) is 0.338. The molecule has 0 bridgehead atoms. The van der Waals surface area contributed by atoms with Gasteiger partial charge in [-0.25, -0.2) is 8.42 Å². The molecule has 0 heterocycles. The molecule has 4 rings (SSSR count). The summed E-state index contributed by atoms with van der Waals surface area (Å²) in [7, 11) is -4.11. The molecule has 0 aromatic heterocycles. The molecule has 37 heavy (non-hydrogen) atoms. The Morgan fingerprint density at radius 3 is 2.30 bits per heavy atom. The SMILES string of the molecule is Cc1ccc(S(=O)(=O)N(CC(=O)Nc2cc(Cl)ccc2Oc2ccccc2)c2cccc(Cl)c2C)cc1. The van der Waals surface area contributed by atoms with Crippen LogP contribution in [0.4, 0.5) is 11.4 Å². The highest BCUT2D eigenvalue weighted by molar-refractivity contribution is 7.92. The van der Waals surface area contributed by atoms with E-state index in [0.29, 0.717) is 38.5 Å². The smallest absolute Gasteiger partial charge is 0.264 e. The van der Waals surface area contributed by atoms with E-state index < -0.39 is 22.5 Å². The number of hydrogen-bond acceptors (Lipinski definition) is 4. The number of amides is 1. The van der Waals surface area contributed by atoms with Crippen molar-refractivity contribution in [3.8, 4) is 11.5 Å². The standard InChI is InChI=1S/C28H24Cl2N2O4S/c1-19-11-14-23(15-12-19)37(34,35)32(26-10-6-9-24(30)20(26)2)18-28(33)31-25-17-21(29)13-16-27(25)36-22-7-4-3-5-8-22/h3-17H,18H2,1-2H3,(H,31,33). The van der Waals surface area contributed by atoms with Crippen molar-refractivity contribution in [3.63, 3.8) is 0 Å². The second-order valence-electron chi connectivity index (χ2n) is 8.31. The summed E-state index contributed by atoms with van der Waals surface area (Å²) in [6.45, 7) is 3.06. The Morgan fingerprint density at radius 1 is 0.892 bits per heavy atom. The van der Waals surface area contributed by atoms with Gasteiger partial charge in [0, 0.05) is 10.0 Å². The van der Waals surface area contributed by atoms with Gasteiger partial charge in [0.05, 0.1) is 16.3 Å². The van der Waals surface area contributed by atoms with Gasteiger partial charge in [0.2, 0.25) is 5.91 Å². The van der Waals surface area contributed by atoms with Gasteiger partial charge in [-0.05, 0) is 74.0 Å². The number of sulfonamides is 1. The molecule has 0 aliphatic heterocycles. The van der Waals surface area contributed by atoms with Crippen molar-refractivity contribution >= 4 is 50.5 Å². The molecule has 4 aromatic carbocycles. The van der Waals surface area contributed by atoms with Crippen LogP contribution in [0.15, 0.2) is 95.9 Å². The average molecular weight is 555 g/mol. The molecular weight excluding hydrogens is 531 g/mol. The molecule has 6 nitrogen and oxygen atoms in total. The zero-order chi connectivity index (χ0) is 26.6. The molecule has 0 aliphatic carbocycles. The van der Waals surface area contributed by atoms with Crippen molar-refractivity contribution in [2.24, 2.45) is 0 Å². The summed E-state index contributed by atoms with van der Waals surface area (Å²) in [6.07, 6.45) is 0. The monoisotopic (exact) mass is 554 g/mol. The zero-order valence-electron chi connectivity index (χ0n) is 20.1. The molecule has 1 amide bonds. The summed E-state index contributed by atoms with van der Waals surface area (Å²) in [4.78, 5) is 13.3. The number of benzene rings is 4. The van der Waals surface area contributed by atoms with Crippen LogP contribution in [0.1, 0.15) is 11.1 Å². The minimum Gasteiger partial charge on any atom is -0.455 e. The van der Waals surface area contributed by atoms with Gasteiger partial charge < -0.3 is 10.1 Å². The number of nitrogens with zero attached hydrogens (tertiary/aromatic N) is 1. The van der Waals surface area contributed by atoms with E-state index in [1.165, 1.54) is 12.1 Å². The summed E-state index contributed by atoms with van der Waals surface area (Å²) in [5, 5.41) is 3.52. The Hall–Kier alpha value is -3.52. The Bertz CT molecular complexity index is 1530. The number of ether oxygens (including phenoxy) is 1. The van der Waals surface area contributed by atoms with Crippen LogP contribution in [0, 0.1) is 13.8 Å². The molecule has 9 heteroatoms. The molecular formula is C28H24Cl2N2O4S. The van der Waals surface area contributed by atoms with E-state index in [9.17, 15) is 13.2 Å². The van der Waals surface area contributed by atoms with Gasteiger partial charge in [-0.15, -0.1) is 0 Å². The first-order valence-corrected chi connectivity index (χ1v) is 13.5. The van der Waals surface area contributed by atoms with Crippen LogP contribution in [-0.2, 0) is 14.8 Å². The van der Waals surface area contributed by atoms with E-state index in [1.807, 2.05) is 25.1 Å². The van der Waals surface area contributed by atoms with Gasteiger partial charge in [-0.3, -0.25) is 9.10 Å².